The number of rotatable bonds is 9. The Labute approximate surface area is 183 Å². The van der Waals surface area contributed by atoms with Gasteiger partial charge in [-0.05, 0) is 63.5 Å². The zero-order valence-electron chi connectivity index (χ0n) is 17.5. The maximum Gasteiger partial charge on any atom is 0.191 e. The number of guanidine groups is 1. The largest absolute Gasteiger partial charge is 0.372 e. The molecule has 1 saturated heterocycles. The van der Waals surface area contributed by atoms with Gasteiger partial charge in [-0.3, -0.25) is 4.99 Å². The Morgan fingerprint density at radius 3 is 2.56 bits per heavy atom. The molecule has 2 N–H and O–H groups in total. The molecule has 0 saturated carbocycles. The molecule has 1 aliphatic heterocycles. The van der Waals surface area contributed by atoms with Crippen molar-refractivity contribution in [2.75, 3.05) is 51.2 Å². The summed E-state index contributed by atoms with van der Waals surface area (Å²) in [6.07, 6.45) is 3.74. The molecule has 1 fully saturated rings. The average molecular weight is 487 g/mol. The first-order valence-corrected chi connectivity index (χ1v) is 10.2. The van der Waals surface area contributed by atoms with Crippen LogP contribution in [0.5, 0.6) is 0 Å². The van der Waals surface area contributed by atoms with Gasteiger partial charge in [0, 0.05) is 32.4 Å². The lowest BCUT2D eigenvalue weighted by atomic mass is 10.1. The second-order valence-corrected chi connectivity index (χ2v) is 7.03. The molecular formula is C21H38IN5. The molecule has 27 heavy (non-hydrogen) atoms. The van der Waals surface area contributed by atoms with Crippen LogP contribution in [0.25, 0.3) is 0 Å². The highest BCUT2D eigenvalue weighted by Crippen LogP contribution is 2.23. The van der Waals surface area contributed by atoms with Gasteiger partial charge in [-0.1, -0.05) is 26.0 Å². The molecule has 2 rings (SSSR count). The maximum atomic E-state index is 4.38. The van der Waals surface area contributed by atoms with Gasteiger partial charge >= 0.3 is 0 Å². The van der Waals surface area contributed by atoms with Gasteiger partial charge in [0.25, 0.3) is 0 Å². The third-order valence-corrected chi connectivity index (χ3v) is 5.26. The maximum absolute atomic E-state index is 4.38. The van der Waals surface area contributed by atoms with Gasteiger partial charge in [0.2, 0.25) is 0 Å². The van der Waals surface area contributed by atoms with Crippen LogP contribution in [-0.2, 0) is 0 Å². The first-order chi connectivity index (χ1) is 12.7. The quantitative estimate of drug-likeness (QED) is 0.240. The Bertz CT molecular complexity index is 553. The fourth-order valence-electron chi connectivity index (χ4n) is 3.50. The number of benzene rings is 1. The highest BCUT2D eigenvalue weighted by atomic mass is 127. The van der Waals surface area contributed by atoms with E-state index in [1.165, 1.54) is 37.2 Å². The molecule has 0 aliphatic carbocycles. The monoisotopic (exact) mass is 487 g/mol. The van der Waals surface area contributed by atoms with Crippen LogP contribution >= 0.6 is 24.0 Å². The molecule has 0 spiro atoms. The first kappa shape index (κ1) is 24.0. The van der Waals surface area contributed by atoms with Crippen LogP contribution < -0.4 is 15.5 Å². The van der Waals surface area contributed by atoms with Crippen molar-refractivity contribution < 1.29 is 0 Å². The molecule has 1 heterocycles. The summed E-state index contributed by atoms with van der Waals surface area (Å²) in [4.78, 5) is 9.31. The Hall–Kier alpha value is -1.02. The molecular weight excluding hydrogens is 449 g/mol. The van der Waals surface area contributed by atoms with Crippen molar-refractivity contribution in [1.29, 1.82) is 0 Å². The van der Waals surface area contributed by atoms with Gasteiger partial charge < -0.3 is 20.4 Å². The lowest BCUT2D eigenvalue weighted by Crippen LogP contribution is -2.40. The van der Waals surface area contributed by atoms with Crippen LogP contribution in [-0.4, -0.2) is 57.2 Å². The SMILES string of the molecule is CCN(CC)CCCNC(=NC)NC(C)c1cccc(N2CCCC2)c1.I. The molecule has 0 radical (unpaired) electrons. The number of hydrogen-bond acceptors (Lipinski definition) is 3. The highest BCUT2D eigenvalue weighted by Gasteiger charge is 2.14. The Kier molecular flexibility index (Phi) is 11.7. The summed E-state index contributed by atoms with van der Waals surface area (Å²) in [7, 11) is 1.84. The molecule has 0 aromatic heterocycles. The summed E-state index contributed by atoms with van der Waals surface area (Å²) in [6.45, 7) is 13.3. The molecule has 1 aromatic carbocycles. The summed E-state index contributed by atoms with van der Waals surface area (Å²) in [5.74, 6) is 0.878. The normalized spacial score (nSPS) is 15.6. The summed E-state index contributed by atoms with van der Waals surface area (Å²) < 4.78 is 0. The predicted molar refractivity (Wildman–Crippen MR) is 129 cm³/mol. The van der Waals surface area contributed by atoms with Gasteiger partial charge in [0.15, 0.2) is 5.96 Å². The van der Waals surface area contributed by atoms with E-state index in [1.807, 2.05) is 7.05 Å². The van der Waals surface area contributed by atoms with Crippen LogP contribution in [0.1, 0.15) is 51.6 Å². The van der Waals surface area contributed by atoms with Crippen molar-refractivity contribution in [3.63, 3.8) is 0 Å². The van der Waals surface area contributed by atoms with E-state index in [-0.39, 0.29) is 30.0 Å². The van der Waals surface area contributed by atoms with Gasteiger partial charge in [-0.2, -0.15) is 0 Å². The Morgan fingerprint density at radius 2 is 1.93 bits per heavy atom. The fraction of sp³-hybridized carbons (Fsp3) is 0.667. The molecule has 1 aliphatic rings. The van der Waals surface area contributed by atoms with E-state index in [0.29, 0.717) is 0 Å². The predicted octanol–water partition coefficient (Wildman–Crippen LogP) is 3.86. The van der Waals surface area contributed by atoms with Gasteiger partial charge in [0.05, 0.1) is 6.04 Å². The summed E-state index contributed by atoms with van der Waals surface area (Å²) in [6, 6.07) is 9.14. The zero-order valence-corrected chi connectivity index (χ0v) is 19.8. The Balaban J connectivity index is 0.00000364. The number of aliphatic imine (C=N–C) groups is 1. The van der Waals surface area contributed by atoms with E-state index >= 15 is 0 Å². The zero-order chi connectivity index (χ0) is 18.8. The van der Waals surface area contributed by atoms with E-state index in [1.54, 1.807) is 0 Å². The van der Waals surface area contributed by atoms with Crippen molar-refractivity contribution in [1.82, 2.24) is 15.5 Å². The lowest BCUT2D eigenvalue weighted by molar-refractivity contribution is 0.300. The third-order valence-electron chi connectivity index (χ3n) is 5.26. The second-order valence-electron chi connectivity index (χ2n) is 7.03. The minimum atomic E-state index is 0. The average Bonchev–Trinajstić information content (AvgIpc) is 3.22. The van der Waals surface area contributed by atoms with Crippen LogP contribution in [0.15, 0.2) is 29.3 Å². The van der Waals surface area contributed by atoms with E-state index in [2.05, 4.69) is 70.5 Å². The van der Waals surface area contributed by atoms with E-state index in [0.717, 1.165) is 38.6 Å². The first-order valence-electron chi connectivity index (χ1n) is 10.2. The molecule has 1 atom stereocenters. The number of nitrogens with zero attached hydrogens (tertiary/aromatic N) is 3. The smallest absolute Gasteiger partial charge is 0.191 e. The minimum Gasteiger partial charge on any atom is -0.372 e. The van der Waals surface area contributed by atoms with E-state index in [9.17, 15) is 0 Å². The van der Waals surface area contributed by atoms with Gasteiger partial charge in [0.1, 0.15) is 0 Å². The molecule has 1 aromatic rings. The molecule has 5 nitrogen and oxygen atoms in total. The van der Waals surface area contributed by atoms with Crippen molar-refractivity contribution in [2.45, 2.75) is 46.1 Å². The summed E-state index contributed by atoms with van der Waals surface area (Å²) >= 11 is 0. The molecule has 6 heteroatoms. The van der Waals surface area contributed by atoms with Crippen LogP contribution in [0.2, 0.25) is 0 Å². The topological polar surface area (TPSA) is 42.9 Å². The van der Waals surface area contributed by atoms with Crippen LogP contribution in [0, 0.1) is 0 Å². The van der Waals surface area contributed by atoms with Crippen LogP contribution in [0.3, 0.4) is 0 Å². The standard InChI is InChI=1S/C21H37N5.HI/c1-5-25(6-2)14-10-13-23-21(22-4)24-18(3)19-11-9-12-20(17-19)26-15-7-8-16-26;/h9,11-12,17-18H,5-8,10,13-16H2,1-4H3,(H2,22,23,24);1H. The van der Waals surface area contributed by atoms with Crippen LogP contribution in [0.4, 0.5) is 5.69 Å². The number of anilines is 1. The minimum absolute atomic E-state index is 0. The van der Waals surface area contributed by atoms with Crippen molar-refractivity contribution in [2.24, 2.45) is 4.99 Å². The van der Waals surface area contributed by atoms with E-state index in [4.69, 9.17) is 0 Å². The third kappa shape index (κ3) is 7.86. The highest BCUT2D eigenvalue weighted by molar-refractivity contribution is 14.0. The van der Waals surface area contributed by atoms with Crippen molar-refractivity contribution in [3.8, 4) is 0 Å². The van der Waals surface area contributed by atoms with Gasteiger partial charge in [-0.15, -0.1) is 24.0 Å². The lowest BCUT2D eigenvalue weighted by Gasteiger charge is -2.22. The summed E-state index contributed by atoms with van der Waals surface area (Å²) in [5, 5.41) is 6.97. The fourth-order valence-corrected chi connectivity index (χ4v) is 3.50. The van der Waals surface area contributed by atoms with E-state index < -0.39 is 0 Å². The summed E-state index contributed by atoms with van der Waals surface area (Å²) in [5.41, 5.74) is 2.65. The second kappa shape index (κ2) is 13.2. The van der Waals surface area contributed by atoms with Gasteiger partial charge in [-0.25, -0.2) is 0 Å². The Morgan fingerprint density at radius 1 is 1.22 bits per heavy atom. The molecule has 1 unspecified atom stereocenters. The van der Waals surface area contributed by atoms with Crippen molar-refractivity contribution >= 4 is 35.6 Å². The molecule has 0 amide bonds. The van der Waals surface area contributed by atoms with Crippen molar-refractivity contribution in [3.05, 3.63) is 29.8 Å². The molecule has 0 bridgehead atoms. The number of nitrogens with one attached hydrogen (secondary N) is 2. The molecule has 154 valence electrons. The number of hydrogen-bond donors (Lipinski definition) is 2. The number of halogens is 1.